The van der Waals surface area contributed by atoms with E-state index in [9.17, 15) is 14.9 Å². The van der Waals surface area contributed by atoms with E-state index in [1.807, 2.05) is 13.0 Å². The van der Waals surface area contributed by atoms with Crippen molar-refractivity contribution in [3.05, 3.63) is 124 Å². The van der Waals surface area contributed by atoms with Crippen LogP contribution in [0.1, 0.15) is 36.5 Å². The Labute approximate surface area is 229 Å². The minimum atomic E-state index is -0.623. The molecule has 0 aliphatic rings. The average molecular weight is 538 g/mol. The predicted molar refractivity (Wildman–Crippen MR) is 150 cm³/mol. The van der Waals surface area contributed by atoms with Gasteiger partial charge in [0.05, 0.1) is 47.1 Å². The van der Waals surface area contributed by atoms with Crippen molar-refractivity contribution in [2.75, 3.05) is 5.32 Å². The van der Waals surface area contributed by atoms with Gasteiger partial charge in [-0.1, -0.05) is 36.7 Å². The summed E-state index contributed by atoms with van der Waals surface area (Å²) in [6.07, 6.45) is 1.99. The molecule has 1 atom stereocenters. The van der Waals surface area contributed by atoms with E-state index in [4.69, 9.17) is 21.0 Å². The van der Waals surface area contributed by atoms with Crippen molar-refractivity contribution in [1.82, 2.24) is 14.5 Å². The van der Waals surface area contributed by atoms with E-state index in [1.165, 1.54) is 4.57 Å². The van der Waals surface area contributed by atoms with Crippen molar-refractivity contribution in [3.8, 4) is 11.8 Å². The molecular formula is C30H24ClN5O3. The first kappa shape index (κ1) is 25.8. The number of benzene rings is 3. The van der Waals surface area contributed by atoms with Crippen LogP contribution in [0.3, 0.4) is 0 Å². The first-order chi connectivity index (χ1) is 19.0. The summed E-state index contributed by atoms with van der Waals surface area (Å²) in [5, 5.41) is 13.2. The highest BCUT2D eigenvalue weighted by molar-refractivity contribution is 6.30. The molecule has 3 aromatic carbocycles. The summed E-state index contributed by atoms with van der Waals surface area (Å²) in [6, 6.07) is 25.3. The molecule has 0 bridgehead atoms. The molecule has 0 radical (unpaired) electrons. The van der Waals surface area contributed by atoms with Crippen molar-refractivity contribution in [3.63, 3.8) is 0 Å². The van der Waals surface area contributed by atoms with Crippen molar-refractivity contribution in [2.45, 2.75) is 25.9 Å². The SMILES string of the molecule is CCC(c1nc2ccccc2c(=O)n1-c1ccc(Cl)cc1)N(Cc1ccco1)C(=O)Nc1cccc(C#N)c1. The molecule has 39 heavy (non-hydrogen) atoms. The molecule has 1 unspecified atom stereocenters. The standard InChI is InChI=1S/C30H24ClN5O3/c1-2-27(35(19-24-9-6-16-39-24)30(38)33-22-8-5-7-20(17-22)18-32)28-34-26-11-4-3-10-25(26)29(37)36(28)23-14-12-21(31)13-15-23/h3-17,27H,2,19H2,1H3,(H,33,38). The van der Waals surface area contributed by atoms with Crippen molar-refractivity contribution in [1.29, 1.82) is 5.26 Å². The Hall–Kier alpha value is -4.87. The van der Waals surface area contributed by atoms with Crippen LogP contribution in [0.2, 0.25) is 5.02 Å². The van der Waals surface area contributed by atoms with E-state index in [2.05, 4.69) is 11.4 Å². The Morgan fingerprint density at radius 2 is 1.90 bits per heavy atom. The van der Waals surface area contributed by atoms with Gasteiger partial charge in [0.2, 0.25) is 0 Å². The first-order valence-corrected chi connectivity index (χ1v) is 12.7. The summed E-state index contributed by atoms with van der Waals surface area (Å²) in [7, 11) is 0. The maximum Gasteiger partial charge on any atom is 0.322 e. The third kappa shape index (κ3) is 5.40. The lowest BCUT2D eigenvalue weighted by molar-refractivity contribution is 0.170. The summed E-state index contributed by atoms with van der Waals surface area (Å²) >= 11 is 6.14. The lowest BCUT2D eigenvalue weighted by Crippen LogP contribution is -2.40. The normalized spacial score (nSPS) is 11.6. The second kappa shape index (κ2) is 11.3. The summed E-state index contributed by atoms with van der Waals surface area (Å²) in [5.74, 6) is 0.964. The Morgan fingerprint density at radius 1 is 1.10 bits per heavy atom. The number of halogens is 1. The number of urea groups is 1. The van der Waals surface area contributed by atoms with Crippen LogP contribution in [0.25, 0.3) is 16.6 Å². The molecule has 2 heterocycles. The Bertz CT molecular complexity index is 1720. The molecule has 9 heteroatoms. The first-order valence-electron chi connectivity index (χ1n) is 12.4. The van der Waals surface area contributed by atoms with Crippen LogP contribution < -0.4 is 10.9 Å². The Kier molecular flexibility index (Phi) is 7.43. The van der Waals surface area contributed by atoms with Gasteiger partial charge in [0.25, 0.3) is 5.56 Å². The van der Waals surface area contributed by atoms with E-state index < -0.39 is 12.1 Å². The van der Waals surface area contributed by atoms with Crippen LogP contribution in [-0.2, 0) is 6.54 Å². The minimum absolute atomic E-state index is 0.124. The second-order valence-electron chi connectivity index (χ2n) is 8.86. The highest BCUT2D eigenvalue weighted by atomic mass is 35.5. The zero-order chi connectivity index (χ0) is 27.4. The summed E-state index contributed by atoms with van der Waals surface area (Å²) in [5.41, 5.74) is 1.75. The number of carbonyl (C=O) groups is 1. The average Bonchev–Trinajstić information content (AvgIpc) is 3.47. The molecule has 1 N–H and O–H groups in total. The number of carbonyl (C=O) groups excluding carboxylic acids is 1. The van der Waals surface area contributed by atoms with Crippen molar-refractivity contribution < 1.29 is 9.21 Å². The predicted octanol–water partition coefficient (Wildman–Crippen LogP) is 6.69. The van der Waals surface area contributed by atoms with Gasteiger partial charge in [0, 0.05) is 10.7 Å². The summed E-state index contributed by atoms with van der Waals surface area (Å²) in [6.45, 7) is 2.05. The number of nitrogens with zero attached hydrogens (tertiary/aromatic N) is 4. The maximum atomic E-state index is 13.8. The zero-order valence-electron chi connectivity index (χ0n) is 21.0. The van der Waals surface area contributed by atoms with Crippen LogP contribution in [-0.4, -0.2) is 20.5 Å². The van der Waals surface area contributed by atoms with Gasteiger partial charge in [0.1, 0.15) is 11.6 Å². The van der Waals surface area contributed by atoms with E-state index in [-0.39, 0.29) is 12.1 Å². The molecule has 0 saturated heterocycles. The molecule has 8 nitrogen and oxygen atoms in total. The molecule has 5 aromatic rings. The van der Waals surface area contributed by atoms with Crippen LogP contribution in [0.4, 0.5) is 10.5 Å². The number of para-hydroxylation sites is 1. The van der Waals surface area contributed by atoms with Crippen molar-refractivity contribution in [2.24, 2.45) is 0 Å². The lowest BCUT2D eigenvalue weighted by atomic mass is 10.1. The molecule has 0 aliphatic heterocycles. The number of nitrogens with one attached hydrogen (secondary N) is 1. The number of amides is 2. The van der Waals surface area contributed by atoms with Crippen LogP contribution in [0.5, 0.6) is 0 Å². The molecule has 2 amide bonds. The Balaban J connectivity index is 1.66. The van der Waals surface area contributed by atoms with Gasteiger partial charge in [-0.3, -0.25) is 9.36 Å². The zero-order valence-corrected chi connectivity index (χ0v) is 21.8. The van der Waals surface area contributed by atoms with Gasteiger partial charge >= 0.3 is 6.03 Å². The van der Waals surface area contributed by atoms with Crippen LogP contribution in [0.15, 0.2) is 100 Å². The number of nitriles is 1. The van der Waals surface area contributed by atoms with E-state index >= 15 is 0 Å². The van der Waals surface area contributed by atoms with Gasteiger partial charge in [0.15, 0.2) is 0 Å². The number of aromatic nitrogens is 2. The van der Waals surface area contributed by atoms with E-state index in [0.717, 1.165) is 0 Å². The topological polar surface area (TPSA) is 104 Å². The number of hydrogen-bond acceptors (Lipinski definition) is 5. The van der Waals surface area contributed by atoms with Gasteiger partial charge in [-0.05, 0) is 73.2 Å². The Morgan fingerprint density at radius 3 is 2.62 bits per heavy atom. The molecule has 0 spiro atoms. The van der Waals surface area contributed by atoms with Gasteiger partial charge < -0.3 is 14.6 Å². The molecule has 5 rings (SSSR count). The largest absolute Gasteiger partial charge is 0.467 e. The highest BCUT2D eigenvalue weighted by Gasteiger charge is 2.30. The number of anilines is 1. The fourth-order valence-corrected chi connectivity index (χ4v) is 4.64. The smallest absolute Gasteiger partial charge is 0.322 e. The molecule has 0 aliphatic carbocycles. The number of rotatable bonds is 7. The monoisotopic (exact) mass is 537 g/mol. The molecule has 2 aromatic heterocycles. The second-order valence-corrected chi connectivity index (χ2v) is 9.29. The summed E-state index contributed by atoms with van der Waals surface area (Å²) < 4.78 is 7.12. The van der Waals surface area contributed by atoms with Gasteiger partial charge in [-0.15, -0.1) is 0 Å². The van der Waals surface area contributed by atoms with Crippen LogP contribution in [0, 0.1) is 11.3 Å². The van der Waals surface area contributed by atoms with Gasteiger partial charge in [-0.25, -0.2) is 9.78 Å². The third-order valence-corrected chi connectivity index (χ3v) is 6.61. The number of furan rings is 1. The van der Waals surface area contributed by atoms with Crippen molar-refractivity contribution >= 4 is 34.2 Å². The maximum absolute atomic E-state index is 13.8. The molecular weight excluding hydrogens is 514 g/mol. The molecule has 194 valence electrons. The quantitative estimate of drug-likeness (QED) is 0.249. The minimum Gasteiger partial charge on any atom is -0.467 e. The number of fused-ring (bicyclic) bond motifs is 1. The highest BCUT2D eigenvalue weighted by Crippen LogP contribution is 2.29. The number of hydrogen-bond donors (Lipinski definition) is 1. The third-order valence-electron chi connectivity index (χ3n) is 6.36. The van der Waals surface area contributed by atoms with Crippen LogP contribution >= 0.6 is 11.6 Å². The van der Waals surface area contributed by atoms with Gasteiger partial charge in [-0.2, -0.15) is 5.26 Å². The fourth-order valence-electron chi connectivity index (χ4n) is 4.51. The molecule has 0 fully saturated rings. The fraction of sp³-hybridized carbons (Fsp3) is 0.133. The summed E-state index contributed by atoms with van der Waals surface area (Å²) in [4.78, 5) is 34.2. The van der Waals surface area contributed by atoms with E-state index in [1.54, 1.807) is 90.0 Å². The van der Waals surface area contributed by atoms with E-state index in [0.29, 0.717) is 50.9 Å². The lowest BCUT2D eigenvalue weighted by Gasteiger charge is -2.32. The molecule has 0 saturated carbocycles.